The van der Waals surface area contributed by atoms with Crippen molar-refractivity contribution in [3.8, 4) is 0 Å². The lowest BCUT2D eigenvalue weighted by Crippen LogP contribution is -2.75. The summed E-state index contributed by atoms with van der Waals surface area (Å²) in [6.45, 7) is 7.15. The number of esters is 5. The van der Waals surface area contributed by atoms with Crippen molar-refractivity contribution in [1.29, 1.82) is 0 Å². The van der Waals surface area contributed by atoms with E-state index in [-0.39, 0.29) is 12.5 Å². The van der Waals surface area contributed by atoms with Crippen molar-refractivity contribution in [2.45, 2.75) is 89.4 Å². The van der Waals surface area contributed by atoms with Crippen molar-refractivity contribution in [1.82, 2.24) is 0 Å². The van der Waals surface area contributed by atoms with E-state index >= 15 is 0 Å². The predicted molar refractivity (Wildman–Crippen MR) is 140 cm³/mol. The van der Waals surface area contributed by atoms with E-state index in [1.807, 2.05) is 0 Å². The van der Waals surface area contributed by atoms with Crippen molar-refractivity contribution >= 4 is 41.4 Å². The lowest BCUT2D eigenvalue weighted by atomic mass is 9.51. The highest BCUT2D eigenvalue weighted by atomic mass is 35.5. The van der Waals surface area contributed by atoms with Gasteiger partial charge in [-0.3, -0.25) is 24.0 Å². The first-order chi connectivity index (χ1) is 19.5. The molecule has 0 aromatic rings. The topological polar surface area (TPSA) is 184 Å². The van der Waals surface area contributed by atoms with E-state index < -0.39 is 94.9 Å². The fraction of sp³-hybridized carbons (Fsp3) is 0.679. The minimum atomic E-state index is -2.29. The third-order valence-corrected chi connectivity index (χ3v) is 9.01. The number of epoxide rings is 1. The van der Waals surface area contributed by atoms with Gasteiger partial charge in [0.15, 0.2) is 23.9 Å². The molecule has 14 heteroatoms. The van der Waals surface area contributed by atoms with Gasteiger partial charge in [0.25, 0.3) is 0 Å². The summed E-state index contributed by atoms with van der Waals surface area (Å²) < 4.78 is 34.2. The number of carbonyl (C=O) groups excluding carboxylic acids is 5. The molecule has 4 rings (SSSR count). The van der Waals surface area contributed by atoms with Crippen LogP contribution in [0, 0.1) is 17.3 Å². The number of alkyl halides is 1. The zero-order chi connectivity index (χ0) is 31.4. The van der Waals surface area contributed by atoms with Crippen molar-refractivity contribution in [2.75, 3.05) is 12.5 Å². The van der Waals surface area contributed by atoms with E-state index in [9.17, 15) is 34.2 Å². The summed E-state index contributed by atoms with van der Waals surface area (Å²) >= 11 is 6.19. The van der Waals surface area contributed by atoms with Crippen LogP contribution in [0.15, 0.2) is 23.8 Å². The van der Waals surface area contributed by atoms with Crippen LogP contribution in [0.25, 0.3) is 0 Å². The maximum absolute atomic E-state index is 13.0. The van der Waals surface area contributed by atoms with Gasteiger partial charge in [0.2, 0.25) is 0 Å². The van der Waals surface area contributed by atoms with Crippen LogP contribution in [0.5, 0.6) is 0 Å². The van der Waals surface area contributed by atoms with Crippen LogP contribution in [0.2, 0.25) is 0 Å². The third-order valence-electron chi connectivity index (χ3n) is 8.70. The molecule has 0 bridgehead atoms. The van der Waals surface area contributed by atoms with Gasteiger partial charge < -0.3 is 38.6 Å². The molecule has 11 atom stereocenters. The van der Waals surface area contributed by atoms with Gasteiger partial charge in [-0.15, -0.1) is 11.6 Å². The Morgan fingerprint density at radius 2 is 1.55 bits per heavy atom. The molecule has 0 radical (unpaired) electrons. The Balaban J connectivity index is 2.12. The van der Waals surface area contributed by atoms with E-state index in [4.69, 9.17) is 40.0 Å². The Bertz CT molecular complexity index is 1220. The summed E-state index contributed by atoms with van der Waals surface area (Å²) in [5, 5.41) is 24.2. The molecule has 0 aromatic heterocycles. The normalized spacial score (nSPS) is 44.3. The molecule has 2 N–H and O–H groups in total. The highest BCUT2D eigenvalue weighted by molar-refractivity contribution is 6.19. The zero-order valence-corrected chi connectivity index (χ0v) is 24.8. The minimum absolute atomic E-state index is 0.130. The maximum atomic E-state index is 13.0. The maximum Gasteiger partial charge on any atom is 0.312 e. The van der Waals surface area contributed by atoms with Gasteiger partial charge in [0.1, 0.15) is 23.9 Å². The van der Waals surface area contributed by atoms with Gasteiger partial charge in [-0.2, -0.15) is 0 Å². The van der Waals surface area contributed by atoms with E-state index in [0.717, 1.165) is 27.7 Å². The summed E-state index contributed by atoms with van der Waals surface area (Å²) in [7, 11) is 0. The summed E-state index contributed by atoms with van der Waals surface area (Å²) in [5.41, 5.74) is -5.39. The second kappa shape index (κ2) is 11.3. The number of hydrogen-bond acceptors (Lipinski definition) is 13. The number of hydrogen-bond donors (Lipinski definition) is 2. The molecule has 2 saturated heterocycles. The first-order valence-corrected chi connectivity index (χ1v) is 14.0. The van der Waals surface area contributed by atoms with Crippen LogP contribution in [0.4, 0.5) is 0 Å². The minimum Gasteiger partial charge on any atom is -0.459 e. The molecule has 2 aliphatic heterocycles. The number of carbonyl (C=O) groups is 5. The van der Waals surface area contributed by atoms with Crippen molar-refractivity contribution in [3.63, 3.8) is 0 Å². The summed E-state index contributed by atoms with van der Waals surface area (Å²) in [4.78, 5) is 62.9. The third kappa shape index (κ3) is 5.10. The van der Waals surface area contributed by atoms with Crippen molar-refractivity contribution < 1.29 is 62.6 Å². The number of rotatable bonds is 5. The summed E-state index contributed by atoms with van der Waals surface area (Å²) in [6, 6.07) is 0. The Morgan fingerprint density at radius 3 is 2.05 bits per heavy atom. The van der Waals surface area contributed by atoms with Gasteiger partial charge in [0.05, 0.1) is 17.9 Å². The summed E-state index contributed by atoms with van der Waals surface area (Å²) in [5.74, 6) is -6.86. The molecule has 4 aliphatic rings. The first kappa shape index (κ1) is 31.9. The number of aliphatic hydroxyl groups is 2. The molecule has 2 aliphatic carbocycles. The van der Waals surface area contributed by atoms with E-state index in [0.29, 0.717) is 5.57 Å². The SMILES string of the molecule is CC(=O)O[C@H]1[C@@H](O)[C@]2(CO2)[C@@H]2[C@H](OC(C)=O)[C@@]3(O)[C@H](/C=C(CCl)\C=C/[C@H](OC(C)=O)[C@@]2(C)[C@H]1OC(C)=O)OC(=O)[C@@H]3C. The Labute approximate surface area is 247 Å². The fourth-order valence-corrected chi connectivity index (χ4v) is 6.95. The molecule has 232 valence electrons. The molecular formula is C28H35ClO13. The van der Waals surface area contributed by atoms with Gasteiger partial charge in [-0.05, 0) is 24.6 Å². The number of allylic oxidation sites excluding steroid dienone is 2. The van der Waals surface area contributed by atoms with E-state index in [1.165, 1.54) is 32.1 Å². The molecule has 3 fully saturated rings. The first-order valence-electron chi connectivity index (χ1n) is 13.4. The Hall–Kier alpha value is -3.00. The van der Waals surface area contributed by atoms with Crippen LogP contribution >= 0.6 is 11.6 Å². The standard InChI is InChI=1S/C28H35ClO13/c1-12-25(35)42-19-9-17(10-29)7-8-18(38-13(2)30)26(6)21(24(28(12,19)36)41-16(5)33)27(11-37-27)22(34)20(39-14(3)31)23(26)40-15(4)32/h7-9,12,18-24,34,36H,10-11H2,1-6H3/b8-7-,17-9+/t12-,18-,19-,20-,21+,22+,23-,24-,26+,27-,28-/m0/s1. The van der Waals surface area contributed by atoms with Gasteiger partial charge in [-0.1, -0.05) is 13.0 Å². The molecule has 42 heavy (non-hydrogen) atoms. The van der Waals surface area contributed by atoms with Gasteiger partial charge >= 0.3 is 29.8 Å². The molecule has 13 nitrogen and oxygen atoms in total. The van der Waals surface area contributed by atoms with Gasteiger partial charge in [0, 0.05) is 39.5 Å². The summed E-state index contributed by atoms with van der Waals surface area (Å²) in [6.07, 6.45) is -4.86. The monoisotopic (exact) mass is 614 g/mol. The quantitative estimate of drug-likeness (QED) is 0.189. The molecule has 2 heterocycles. The average molecular weight is 615 g/mol. The highest BCUT2D eigenvalue weighted by Crippen LogP contribution is 2.62. The molecule has 0 amide bonds. The predicted octanol–water partition coefficient (Wildman–Crippen LogP) is 0.507. The second-order valence-electron chi connectivity index (χ2n) is 11.4. The fourth-order valence-electron chi connectivity index (χ4n) is 6.77. The van der Waals surface area contributed by atoms with Crippen LogP contribution in [0.1, 0.15) is 41.5 Å². The lowest BCUT2D eigenvalue weighted by Gasteiger charge is -2.58. The van der Waals surface area contributed by atoms with Crippen LogP contribution in [-0.2, 0) is 52.4 Å². The number of aliphatic hydroxyl groups excluding tert-OH is 1. The number of halogens is 1. The highest BCUT2D eigenvalue weighted by Gasteiger charge is 2.80. The average Bonchev–Trinajstić information content (AvgIpc) is 3.64. The Morgan fingerprint density at radius 1 is 1.00 bits per heavy atom. The molecule has 0 aromatic carbocycles. The van der Waals surface area contributed by atoms with Crippen LogP contribution in [0.3, 0.4) is 0 Å². The van der Waals surface area contributed by atoms with Crippen LogP contribution in [-0.4, -0.2) is 100 Å². The second-order valence-corrected chi connectivity index (χ2v) is 11.7. The Kier molecular flexibility index (Phi) is 8.55. The van der Waals surface area contributed by atoms with E-state index in [1.54, 1.807) is 0 Å². The van der Waals surface area contributed by atoms with E-state index in [2.05, 4.69) is 0 Å². The number of ether oxygens (including phenoxy) is 6. The molecule has 0 unspecified atom stereocenters. The smallest absolute Gasteiger partial charge is 0.312 e. The van der Waals surface area contributed by atoms with Crippen LogP contribution < -0.4 is 0 Å². The number of fused-ring (bicyclic) bond motifs is 3. The van der Waals surface area contributed by atoms with Gasteiger partial charge in [-0.25, -0.2) is 0 Å². The zero-order valence-electron chi connectivity index (χ0n) is 24.0. The molecule has 1 saturated carbocycles. The lowest BCUT2D eigenvalue weighted by molar-refractivity contribution is -0.276. The molecular weight excluding hydrogens is 580 g/mol. The van der Waals surface area contributed by atoms with Crippen molar-refractivity contribution in [2.24, 2.45) is 17.3 Å². The molecule has 1 spiro atoms. The van der Waals surface area contributed by atoms with Crippen molar-refractivity contribution in [3.05, 3.63) is 23.8 Å². The largest absolute Gasteiger partial charge is 0.459 e.